The van der Waals surface area contributed by atoms with Crippen LogP contribution in [0.15, 0.2) is 24.3 Å². The molecule has 0 saturated carbocycles. The summed E-state index contributed by atoms with van der Waals surface area (Å²) in [6.07, 6.45) is -2.16. The molecule has 2 rings (SSSR count). The molecule has 0 radical (unpaired) electrons. The molecule has 6 heteroatoms. The first-order valence-electron chi connectivity index (χ1n) is 6.11. The third-order valence-electron chi connectivity index (χ3n) is 3.41. The van der Waals surface area contributed by atoms with Crippen LogP contribution in [-0.4, -0.2) is 24.0 Å². The van der Waals surface area contributed by atoms with Gasteiger partial charge in [0.15, 0.2) is 0 Å². The fraction of sp³-hybridized carbons (Fsp3) is 0.538. The van der Waals surface area contributed by atoms with E-state index in [0.29, 0.717) is 24.7 Å². The minimum absolute atomic E-state index is 0. The number of nitrogens with two attached hydrogens (primary N) is 1. The largest absolute Gasteiger partial charge is 0.416 e. The molecule has 2 N–H and O–H groups in total. The Balaban J connectivity index is 0.00000180. The number of halogens is 4. The van der Waals surface area contributed by atoms with Gasteiger partial charge in [-0.25, -0.2) is 0 Å². The molecule has 2 nitrogen and oxygen atoms in total. The summed E-state index contributed by atoms with van der Waals surface area (Å²) < 4.78 is 37.8. The topological polar surface area (TPSA) is 29.3 Å². The van der Waals surface area contributed by atoms with Crippen molar-refractivity contribution in [1.29, 1.82) is 0 Å². The van der Waals surface area contributed by atoms with Crippen LogP contribution in [-0.2, 0) is 12.7 Å². The lowest BCUT2D eigenvalue weighted by Crippen LogP contribution is -2.34. The van der Waals surface area contributed by atoms with E-state index in [2.05, 4.69) is 4.90 Å². The molecule has 1 aliphatic rings. The van der Waals surface area contributed by atoms with Gasteiger partial charge in [0.2, 0.25) is 0 Å². The molecule has 1 unspecified atom stereocenters. The van der Waals surface area contributed by atoms with Crippen LogP contribution >= 0.6 is 12.4 Å². The maximum atomic E-state index is 12.6. The first-order chi connectivity index (χ1) is 8.50. The minimum atomic E-state index is -4.27. The quantitative estimate of drug-likeness (QED) is 0.928. The van der Waals surface area contributed by atoms with Crippen molar-refractivity contribution in [1.82, 2.24) is 4.90 Å². The van der Waals surface area contributed by atoms with Crippen LogP contribution in [0.2, 0.25) is 0 Å². The molecule has 1 fully saturated rings. The van der Waals surface area contributed by atoms with Crippen LogP contribution in [0.3, 0.4) is 0 Å². The summed E-state index contributed by atoms with van der Waals surface area (Å²) in [5, 5.41) is 0. The van der Waals surface area contributed by atoms with E-state index < -0.39 is 11.7 Å². The van der Waals surface area contributed by atoms with Crippen LogP contribution in [0.25, 0.3) is 0 Å². The number of likely N-dealkylation sites (tertiary alicyclic amines) is 1. The number of benzene rings is 1. The molecule has 0 aromatic heterocycles. The van der Waals surface area contributed by atoms with E-state index in [4.69, 9.17) is 5.73 Å². The van der Waals surface area contributed by atoms with Crippen molar-refractivity contribution in [2.24, 2.45) is 5.73 Å². The van der Waals surface area contributed by atoms with Crippen molar-refractivity contribution in [2.45, 2.75) is 31.6 Å². The lowest BCUT2D eigenvalue weighted by Gasteiger charge is -2.23. The van der Waals surface area contributed by atoms with Gasteiger partial charge in [0.1, 0.15) is 0 Å². The first kappa shape index (κ1) is 16.3. The molecule has 1 heterocycles. The number of hydrogen-bond acceptors (Lipinski definition) is 2. The Morgan fingerprint density at radius 2 is 2.05 bits per heavy atom. The molecule has 1 saturated heterocycles. The summed E-state index contributed by atoms with van der Waals surface area (Å²) in [4.78, 5) is 2.16. The smallest absolute Gasteiger partial charge is 0.329 e. The Labute approximate surface area is 117 Å². The summed E-state index contributed by atoms with van der Waals surface area (Å²) >= 11 is 0. The van der Waals surface area contributed by atoms with Crippen LogP contribution in [0, 0.1) is 0 Å². The molecule has 108 valence electrons. The fourth-order valence-electron chi connectivity index (χ4n) is 2.45. The van der Waals surface area contributed by atoms with Crippen LogP contribution in [0.4, 0.5) is 13.2 Å². The first-order valence-corrected chi connectivity index (χ1v) is 6.11. The van der Waals surface area contributed by atoms with Gasteiger partial charge in [-0.05, 0) is 31.0 Å². The summed E-state index contributed by atoms with van der Waals surface area (Å²) in [5.41, 5.74) is 5.77. The fourth-order valence-corrected chi connectivity index (χ4v) is 2.45. The van der Waals surface area contributed by atoms with Gasteiger partial charge in [-0.1, -0.05) is 18.2 Å². The van der Waals surface area contributed by atoms with Gasteiger partial charge >= 0.3 is 6.18 Å². The van der Waals surface area contributed by atoms with Gasteiger partial charge in [-0.3, -0.25) is 4.90 Å². The van der Waals surface area contributed by atoms with E-state index in [0.717, 1.165) is 25.5 Å². The second-order valence-corrected chi connectivity index (χ2v) is 4.70. The highest BCUT2D eigenvalue weighted by Gasteiger charge is 2.31. The van der Waals surface area contributed by atoms with Gasteiger partial charge in [0.25, 0.3) is 0 Å². The summed E-state index contributed by atoms with van der Waals surface area (Å²) in [5.74, 6) is 0. The van der Waals surface area contributed by atoms with Crippen molar-refractivity contribution in [3.63, 3.8) is 0 Å². The highest BCUT2D eigenvalue weighted by atomic mass is 35.5. The van der Waals surface area contributed by atoms with E-state index in [1.165, 1.54) is 12.1 Å². The summed E-state index contributed by atoms with van der Waals surface area (Å²) in [7, 11) is 0. The van der Waals surface area contributed by atoms with E-state index in [1.54, 1.807) is 6.07 Å². The maximum absolute atomic E-state index is 12.6. The third-order valence-corrected chi connectivity index (χ3v) is 3.41. The average Bonchev–Trinajstić information content (AvgIpc) is 2.75. The van der Waals surface area contributed by atoms with Gasteiger partial charge in [0.05, 0.1) is 5.56 Å². The van der Waals surface area contributed by atoms with E-state index in [9.17, 15) is 13.2 Å². The predicted molar refractivity (Wildman–Crippen MR) is 71.2 cm³/mol. The van der Waals surface area contributed by atoms with Crippen LogP contribution in [0.5, 0.6) is 0 Å². The van der Waals surface area contributed by atoms with Gasteiger partial charge in [-0.2, -0.15) is 13.2 Å². The van der Waals surface area contributed by atoms with Gasteiger partial charge in [0, 0.05) is 19.1 Å². The Morgan fingerprint density at radius 3 is 2.68 bits per heavy atom. The zero-order valence-electron chi connectivity index (χ0n) is 10.5. The Morgan fingerprint density at radius 1 is 1.32 bits per heavy atom. The van der Waals surface area contributed by atoms with E-state index in [-0.39, 0.29) is 12.4 Å². The average molecular weight is 295 g/mol. The van der Waals surface area contributed by atoms with Crippen molar-refractivity contribution in [3.05, 3.63) is 35.4 Å². The van der Waals surface area contributed by atoms with E-state index >= 15 is 0 Å². The van der Waals surface area contributed by atoms with Crippen LogP contribution < -0.4 is 5.73 Å². The molecular formula is C13H18ClF3N2. The van der Waals surface area contributed by atoms with E-state index in [1.807, 2.05) is 0 Å². The third kappa shape index (κ3) is 4.09. The lowest BCUT2D eigenvalue weighted by atomic mass is 10.1. The normalized spacial score (nSPS) is 20.3. The monoisotopic (exact) mass is 294 g/mol. The lowest BCUT2D eigenvalue weighted by molar-refractivity contribution is -0.137. The minimum Gasteiger partial charge on any atom is -0.329 e. The molecule has 1 aliphatic heterocycles. The standard InChI is InChI=1S/C13H17F3N2.ClH/c14-13(15,16)11-4-1-3-10(7-11)9-18-6-2-5-12(18)8-17;/h1,3-4,7,12H,2,5-6,8-9,17H2;1H. The second kappa shape index (κ2) is 6.59. The second-order valence-electron chi connectivity index (χ2n) is 4.70. The maximum Gasteiger partial charge on any atom is 0.416 e. The Kier molecular flexibility index (Phi) is 5.64. The molecule has 0 spiro atoms. The van der Waals surface area contributed by atoms with Crippen molar-refractivity contribution < 1.29 is 13.2 Å². The molecular weight excluding hydrogens is 277 g/mol. The van der Waals surface area contributed by atoms with Crippen molar-refractivity contribution >= 4 is 12.4 Å². The molecule has 0 bridgehead atoms. The van der Waals surface area contributed by atoms with Crippen molar-refractivity contribution in [2.75, 3.05) is 13.1 Å². The van der Waals surface area contributed by atoms with Gasteiger partial charge < -0.3 is 5.73 Å². The van der Waals surface area contributed by atoms with Gasteiger partial charge in [-0.15, -0.1) is 12.4 Å². The zero-order valence-corrected chi connectivity index (χ0v) is 11.3. The highest BCUT2D eigenvalue weighted by molar-refractivity contribution is 5.85. The molecule has 19 heavy (non-hydrogen) atoms. The Hall–Kier alpha value is -0.780. The Bertz CT molecular complexity index is 409. The SMILES string of the molecule is Cl.NCC1CCCN1Cc1cccc(C(F)(F)F)c1. The molecule has 1 aromatic carbocycles. The number of hydrogen-bond donors (Lipinski definition) is 1. The summed E-state index contributed by atoms with van der Waals surface area (Å²) in [6.45, 7) is 2.03. The summed E-state index contributed by atoms with van der Waals surface area (Å²) in [6, 6.07) is 5.84. The zero-order chi connectivity index (χ0) is 13.2. The number of rotatable bonds is 3. The number of alkyl halides is 3. The van der Waals surface area contributed by atoms with Crippen LogP contribution in [0.1, 0.15) is 24.0 Å². The van der Waals surface area contributed by atoms with Crippen molar-refractivity contribution in [3.8, 4) is 0 Å². The molecule has 0 amide bonds. The molecule has 1 atom stereocenters. The number of nitrogens with zero attached hydrogens (tertiary/aromatic N) is 1. The highest BCUT2D eigenvalue weighted by Crippen LogP contribution is 2.30. The predicted octanol–water partition coefficient (Wildman–Crippen LogP) is 3.05. The molecule has 1 aromatic rings. The molecule has 0 aliphatic carbocycles.